The third kappa shape index (κ3) is 3.53. The molecule has 5 rings (SSSR count). The van der Waals surface area contributed by atoms with Gasteiger partial charge in [-0.1, -0.05) is 41.9 Å². The maximum atomic E-state index is 13.2. The zero-order valence-electron chi connectivity index (χ0n) is 16.3. The molecule has 0 aliphatic carbocycles. The van der Waals surface area contributed by atoms with Gasteiger partial charge in [-0.2, -0.15) is 0 Å². The molecule has 1 aromatic heterocycles. The highest BCUT2D eigenvalue weighted by atomic mass is 35.5. The van der Waals surface area contributed by atoms with E-state index in [1.54, 1.807) is 12.1 Å². The number of benzene rings is 3. The van der Waals surface area contributed by atoms with Crippen LogP contribution in [0.1, 0.15) is 11.4 Å². The van der Waals surface area contributed by atoms with E-state index in [2.05, 4.69) is 6.07 Å². The fourth-order valence-electron chi connectivity index (χ4n) is 3.91. The summed E-state index contributed by atoms with van der Waals surface area (Å²) < 4.78 is 7.87. The first kappa shape index (κ1) is 18.7. The van der Waals surface area contributed by atoms with Gasteiger partial charge in [0.15, 0.2) is 0 Å². The minimum absolute atomic E-state index is 0.0517. The largest absolute Gasteiger partial charge is 0.486 e. The molecule has 4 aromatic rings. The van der Waals surface area contributed by atoms with Gasteiger partial charge >= 0.3 is 0 Å². The van der Waals surface area contributed by atoms with Crippen molar-refractivity contribution in [3.63, 3.8) is 0 Å². The number of ether oxygens (including phenoxy) is 1. The lowest BCUT2D eigenvalue weighted by molar-refractivity contribution is -0.119. The average Bonchev–Trinajstić information content (AvgIpc) is 3.35. The Morgan fingerprint density at radius 1 is 1.00 bits per heavy atom. The van der Waals surface area contributed by atoms with E-state index in [0.29, 0.717) is 23.1 Å². The summed E-state index contributed by atoms with van der Waals surface area (Å²) >= 11 is 5.95. The van der Waals surface area contributed by atoms with Crippen molar-refractivity contribution in [1.29, 1.82) is 0 Å². The van der Waals surface area contributed by atoms with Gasteiger partial charge in [0.2, 0.25) is 5.91 Å². The summed E-state index contributed by atoms with van der Waals surface area (Å²) in [5, 5.41) is 0.658. The summed E-state index contributed by atoms with van der Waals surface area (Å²) in [6, 6.07) is 23.1. The van der Waals surface area contributed by atoms with Crippen LogP contribution in [-0.4, -0.2) is 22.0 Å². The van der Waals surface area contributed by atoms with Gasteiger partial charge < -0.3 is 14.2 Å². The molecule has 3 aromatic carbocycles. The smallest absolute Gasteiger partial charge is 0.247 e. The number of para-hydroxylation sites is 3. The first-order chi connectivity index (χ1) is 14.7. The second-order valence-electron chi connectivity index (χ2n) is 7.27. The monoisotopic (exact) mass is 417 g/mol. The van der Waals surface area contributed by atoms with Crippen molar-refractivity contribution in [2.75, 3.05) is 11.4 Å². The molecular formula is C24H20ClN3O2. The van der Waals surface area contributed by atoms with E-state index in [-0.39, 0.29) is 19.1 Å². The molecular weight excluding hydrogens is 398 g/mol. The van der Waals surface area contributed by atoms with Crippen LogP contribution in [0.2, 0.25) is 5.02 Å². The Labute approximate surface area is 179 Å². The summed E-state index contributed by atoms with van der Waals surface area (Å²) in [6.07, 6.45) is 0.888. The topological polar surface area (TPSA) is 47.4 Å². The molecule has 0 saturated heterocycles. The van der Waals surface area contributed by atoms with Gasteiger partial charge in [0, 0.05) is 17.3 Å². The molecule has 30 heavy (non-hydrogen) atoms. The minimum atomic E-state index is 0.0517. The Balaban J connectivity index is 1.42. The molecule has 2 heterocycles. The fraction of sp³-hybridized carbons (Fsp3) is 0.167. The van der Waals surface area contributed by atoms with Crippen molar-refractivity contribution in [1.82, 2.24) is 9.55 Å². The number of aromatic nitrogens is 2. The number of carbonyl (C=O) groups is 1. The van der Waals surface area contributed by atoms with Crippen molar-refractivity contribution in [3.8, 4) is 5.75 Å². The highest BCUT2D eigenvalue weighted by molar-refractivity contribution is 6.30. The van der Waals surface area contributed by atoms with Gasteiger partial charge in [-0.15, -0.1) is 0 Å². The van der Waals surface area contributed by atoms with Gasteiger partial charge in [0.05, 0.1) is 11.0 Å². The molecule has 1 aliphatic rings. The predicted molar refractivity (Wildman–Crippen MR) is 118 cm³/mol. The standard InChI is InChI=1S/C24H20ClN3O2/c25-18-9-11-19(12-10-18)30-16-23-26-20-6-2-4-8-22(20)28(23)15-24(29)27-14-13-17-5-1-3-7-21(17)27/h1-12H,13-16H2. The second kappa shape index (κ2) is 7.84. The predicted octanol–water partition coefficient (Wildman–Crippen LogP) is 4.86. The maximum Gasteiger partial charge on any atom is 0.247 e. The van der Waals surface area contributed by atoms with Crippen molar-refractivity contribution in [2.45, 2.75) is 19.6 Å². The Kier molecular flexibility index (Phi) is 4.89. The number of hydrogen-bond acceptors (Lipinski definition) is 3. The summed E-state index contributed by atoms with van der Waals surface area (Å²) in [6.45, 7) is 1.19. The van der Waals surface area contributed by atoms with E-state index in [4.69, 9.17) is 21.3 Å². The summed E-state index contributed by atoms with van der Waals surface area (Å²) in [7, 11) is 0. The number of amides is 1. The van der Waals surface area contributed by atoms with E-state index >= 15 is 0 Å². The van der Waals surface area contributed by atoms with Crippen LogP contribution in [0.3, 0.4) is 0 Å². The third-order valence-corrected chi connectivity index (χ3v) is 5.65. The number of hydrogen-bond donors (Lipinski definition) is 0. The highest BCUT2D eigenvalue weighted by Crippen LogP contribution is 2.28. The van der Waals surface area contributed by atoms with Crippen LogP contribution in [0, 0.1) is 0 Å². The van der Waals surface area contributed by atoms with E-state index in [9.17, 15) is 4.79 Å². The van der Waals surface area contributed by atoms with Crippen LogP contribution >= 0.6 is 11.6 Å². The first-order valence-corrected chi connectivity index (χ1v) is 10.3. The molecule has 1 amide bonds. The van der Waals surface area contributed by atoms with Gasteiger partial charge in [-0.3, -0.25) is 4.79 Å². The van der Waals surface area contributed by atoms with E-state index in [0.717, 1.165) is 23.1 Å². The SMILES string of the molecule is O=C(Cn1c(COc2ccc(Cl)cc2)nc2ccccc21)N1CCc2ccccc21. The lowest BCUT2D eigenvalue weighted by Gasteiger charge is -2.19. The first-order valence-electron chi connectivity index (χ1n) is 9.90. The van der Waals surface area contributed by atoms with Gasteiger partial charge in [0.1, 0.15) is 24.7 Å². The number of halogens is 1. The zero-order chi connectivity index (χ0) is 20.5. The zero-order valence-corrected chi connectivity index (χ0v) is 17.0. The number of fused-ring (bicyclic) bond motifs is 2. The number of rotatable bonds is 5. The summed E-state index contributed by atoms with van der Waals surface area (Å²) in [5.74, 6) is 1.47. The van der Waals surface area contributed by atoms with Crippen LogP contribution in [0.4, 0.5) is 5.69 Å². The molecule has 0 radical (unpaired) electrons. The fourth-order valence-corrected chi connectivity index (χ4v) is 4.03. The van der Waals surface area contributed by atoms with E-state index < -0.39 is 0 Å². The van der Waals surface area contributed by atoms with E-state index in [1.165, 1.54) is 5.56 Å². The van der Waals surface area contributed by atoms with Gasteiger partial charge in [-0.25, -0.2) is 4.98 Å². The van der Waals surface area contributed by atoms with Crippen molar-refractivity contribution in [2.24, 2.45) is 0 Å². The van der Waals surface area contributed by atoms with Crippen LogP contribution in [0.25, 0.3) is 11.0 Å². The molecule has 0 fully saturated rings. The maximum absolute atomic E-state index is 13.2. The molecule has 5 nitrogen and oxygen atoms in total. The molecule has 1 aliphatic heterocycles. The Morgan fingerprint density at radius 2 is 1.77 bits per heavy atom. The molecule has 0 bridgehead atoms. The number of nitrogens with zero attached hydrogens (tertiary/aromatic N) is 3. The molecule has 0 spiro atoms. The lowest BCUT2D eigenvalue weighted by atomic mass is 10.2. The van der Waals surface area contributed by atoms with Crippen molar-refractivity contribution >= 4 is 34.2 Å². The third-order valence-electron chi connectivity index (χ3n) is 5.40. The minimum Gasteiger partial charge on any atom is -0.486 e. The Hall–Kier alpha value is -3.31. The van der Waals surface area contributed by atoms with Crippen molar-refractivity contribution < 1.29 is 9.53 Å². The van der Waals surface area contributed by atoms with Crippen LogP contribution in [0.5, 0.6) is 5.75 Å². The van der Waals surface area contributed by atoms with Gasteiger partial charge in [-0.05, 0) is 54.4 Å². The molecule has 0 N–H and O–H groups in total. The molecule has 6 heteroatoms. The molecule has 0 atom stereocenters. The number of imidazole rings is 1. The highest BCUT2D eigenvalue weighted by Gasteiger charge is 2.25. The normalized spacial score (nSPS) is 12.9. The van der Waals surface area contributed by atoms with Crippen molar-refractivity contribution in [3.05, 3.63) is 89.2 Å². The summed E-state index contributed by atoms with van der Waals surface area (Å²) in [5.41, 5.74) is 3.99. The number of anilines is 1. The quantitative estimate of drug-likeness (QED) is 0.466. The Morgan fingerprint density at radius 3 is 2.63 bits per heavy atom. The summed E-state index contributed by atoms with van der Waals surface area (Å²) in [4.78, 5) is 19.8. The molecule has 150 valence electrons. The van der Waals surface area contributed by atoms with E-state index in [1.807, 2.05) is 64.1 Å². The average molecular weight is 418 g/mol. The van der Waals surface area contributed by atoms with Crippen LogP contribution in [-0.2, 0) is 24.4 Å². The molecule has 0 unspecified atom stereocenters. The number of carbonyl (C=O) groups excluding carboxylic acids is 1. The second-order valence-corrected chi connectivity index (χ2v) is 7.71. The van der Waals surface area contributed by atoms with Crippen LogP contribution in [0.15, 0.2) is 72.8 Å². The van der Waals surface area contributed by atoms with Crippen LogP contribution < -0.4 is 9.64 Å². The lowest BCUT2D eigenvalue weighted by Crippen LogP contribution is -2.32. The Bertz CT molecular complexity index is 1220. The van der Waals surface area contributed by atoms with Gasteiger partial charge in [0.25, 0.3) is 0 Å². The molecule has 0 saturated carbocycles.